The molecule has 1 aromatic carbocycles. The van der Waals surface area contributed by atoms with Crippen LogP contribution in [0.1, 0.15) is 13.8 Å². The number of rotatable bonds is 4. The van der Waals surface area contributed by atoms with Crippen molar-refractivity contribution >= 4 is 28.9 Å². The van der Waals surface area contributed by atoms with Crippen LogP contribution in [0, 0.1) is 16.0 Å². The summed E-state index contributed by atoms with van der Waals surface area (Å²) in [6, 6.07) is 3.54. The van der Waals surface area contributed by atoms with E-state index in [-0.39, 0.29) is 28.3 Å². The van der Waals surface area contributed by atoms with Gasteiger partial charge in [0.2, 0.25) is 5.91 Å². The van der Waals surface area contributed by atoms with Crippen LogP contribution in [-0.4, -0.2) is 16.9 Å². The zero-order chi connectivity index (χ0) is 13.9. The summed E-state index contributed by atoms with van der Waals surface area (Å²) in [5.74, 6) is -0.743. The van der Waals surface area contributed by atoms with Crippen LogP contribution in [-0.2, 0) is 4.79 Å². The lowest BCUT2D eigenvalue weighted by atomic mass is 10.0. The number of carbonyl (C=O) groups is 1. The molecule has 0 aromatic heterocycles. The van der Waals surface area contributed by atoms with E-state index in [1.54, 1.807) is 13.8 Å². The quantitative estimate of drug-likeness (QED) is 0.647. The number of nitrogens with one attached hydrogen (secondary N) is 1. The Hall–Kier alpha value is -1.66. The van der Waals surface area contributed by atoms with E-state index in [9.17, 15) is 14.9 Å². The highest BCUT2D eigenvalue weighted by Gasteiger charge is 2.19. The minimum Gasteiger partial charge on any atom is -0.327 e. The van der Waals surface area contributed by atoms with Crippen molar-refractivity contribution in [3.63, 3.8) is 0 Å². The molecule has 2 unspecified atom stereocenters. The van der Waals surface area contributed by atoms with E-state index in [4.69, 9.17) is 17.3 Å². The zero-order valence-corrected chi connectivity index (χ0v) is 10.8. The van der Waals surface area contributed by atoms with Gasteiger partial charge in [-0.05, 0) is 13.0 Å². The van der Waals surface area contributed by atoms with Gasteiger partial charge in [-0.15, -0.1) is 0 Å². The molecular formula is C11H14ClN3O3. The van der Waals surface area contributed by atoms with E-state index >= 15 is 0 Å². The van der Waals surface area contributed by atoms with Gasteiger partial charge in [0.05, 0.1) is 21.6 Å². The first-order valence-corrected chi connectivity index (χ1v) is 5.71. The summed E-state index contributed by atoms with van der Waals surface area (Å²) >= 11 is 5.86. The summed E-state index contributed by atoms with van der Waals surface area (Å²) < 4.78 is 0. The molecule has 0 fully saturated rings. The SMILES string of the molecule is CC(N)C(C)C(=O)Nc1cc([N+](=O)[O-])ccc1Cl. The molecular weight excluding hydrogens is 258 g/mol. The van der Waals surface area contributed by atoms with Crippen molar-refractivity contribution in [1.29, 1.82) is 0 Å². The lowest BCUT2D eigenvalue weighted by molar-refractivity contribution is -0.384. The number of nitrogens with zero attached hydrogens (tertiary/aromatic N) is 1. The van der Waals surface area contributed by atoms with Gasteiger partial charge < -0.3 is 11.1 Å². The number of nitro groups is 1. The number of nitrogens with two attached hydrogens (primary N) is 1. The second-order valence-electron chi connectivity index (χ2n) is 4.06. The molecule has 98 valence electrons. The molecule has 7 heteroatoms. The smallest absolute Gasteiger partial charge is 0.271 e. The first kappa shape index (κ1) is 14.4. The Kier molecular flexibility index (Phi) is 4.63. The van der Waals surface area contributed by atoms with Crippen molar-refractivity contribution in [3.05, 3.63) is 33.3 Å². The van der Waals surface area contributed by atoms with Crippen LogP contribution < -0.4 is 11.1 Å². The van der Waals surface area contributed by atoms with Crippen LogP contribution in [0.5, 0.6) is 0 Å². The molecule has 0 saturated carbocycles. The molecule has 3 N–H and O–H groups in total. The summed E-state index contributed by atoms with van der Waals surface area (Å²) in [7, 11) is 0. The first-order valence-electron chi connectivity index (χ1n) is 5.33. The summed E-state index contributed by atoms with van der Waals surface area (Å²) in [4.78, 5) is 21.8. The van der Waals surface area contributed by atoms with E-state index < -0.39 is 10.8 Å². The average Bonchev–Trinajstić information content (AvgIpc) is 2.30. The second kappa shape index (κ2) is 5.79. The van der Waals surface area contributed by atoms with Crippen molar-refractivity contribution in [1.82, 2.24) is 0 Å². The molecule has 0 radical (unpaired) electrons. The molecule has 0 bridgehead atoms. The molecule has 0 aliphatic carbocycles. The fraction of sp³-hybridized carbons (Fsp3) is 0.364. The Morgan fingerprint density at radius 1 is 1.50 bits per heavy atom. The molecule has 1 aromatic rings. The number of amides is 1. The van der Waals surface area contributed by atoms with Gasteiger partial charge in [0.15, 0.2) is 0 Å². The van der Waals surface area contributed by atoms with Crippen LogP contribution in [0.25, 0.3) is 0 Å². The van der Waals surface area contributed by atoms with Crippen LogP contribution in [0.15, 0.2) is 18.2 Å². The highest BCUT2D eigenvalue weighted by atomic mass is 35.5. The third-order valence-electron chi connectivity index (χ3n) is 2.62. The molecule has 1 rings (SSSR count). The number of anilines is 1. The molecule has 18 heavy (non-hydrogen) atoms. The second-order valence-corrected chi connectivity index (χ2v) is 4.47. The molecule has 0 aliphatic heterocycles. The standard InChI is InChI=1S/C11H14ClN3O3/c1-6(7(2)13)11(16)14-10-5-8(15(17)18)3-4-9(10)12/h3-7H,13H2,1-2H3,(H,14,16). The normalized spacial score (nSPS) is 13.8. The monoisotopic (exact) mass is 271 g/mol. The number of nitro benzene ring substituents is 1. The minimum absolute atomic E-state index is 0.136. The van der Waals surface area contributed by atoms with Crippen molar-refractivity contribution in [3.8, 4) is 0 Å². The maximum absolute atomic E-state index is 11.8. The summed E-state index contributed by atoms with van der Waals surface area (Å²) in [6.07, 6.45) is 0. The number of benzene rings is 1. The third kappa shape index (κ3) is 3.41. The van der Waals surface area contributed by atoms with Crippen LogP contribution >= 0.6 is 11.6 Å². The maximum atomic E-state index is 11.8. The van der Waals surface area contributed by atoms with Gasteiger partial charge in [-0.2, -0.15) is 0 Å². The van der Waals surface area contributed by atoms with Crippen LogP contribution in [0.3, 0.4) is 0 Å². The lowest BCUT2D eigenvalue weighted by Gasteiger charge is -2.15. The first-order chi connectivity index (χ1) is 8.32. The van der Waals surface area contributed by atoms with Gasteiger partial charge in [-0.3, -0.25) is 14.9 Å². The van der Waals surface area contributed by atoms with Gasteiger partial charge in [-0.25, -0.2) is 0 Å². The predicted molar refractivity (Wildman–Crippen MR) is 69.5 cm³/mol. The lowest BCUT2D eigenvalue weighted by Crippen LogP contribution is -2.34. The zero-order valence-electron chi connectivity index (χ0n) is 10.0. The maximum Gasteiger partial charge on any atom is 0.271 e. The highest BCUT2D eigenvalue weighted by Crippen LogP contribution is 2.27. The Bertz CT molecular complexity index is 477. The Labute approximate surface area is 109 Å². The fourth-order valence-electron chi connectivity index (χ4n) is 1.21. The van der Waals surface area contributed by atoms with Gasteiger partial charge in [0, 0.05) is 18.2 Å². The number of non-ortho nitro benzene ring substituents is 1. The predicted octanol–water partition coefficient (Wildman–Crippen LogP) is 2.17. The molecule has 2 atom stereocenters. The molecule has 0 saturated heterocycles. The van der Waals surface area contributed by atoms with E-state index in [0.29, 0.717) is 0 Å². The number of hydrogen-bond donors (Lipinski definition) is 2. The van der Waals surface area contributed by atoms with E-state index in [1.165, 1.54) is 18.2 Å². The molecule has 6 nitrogen and oxygen atoms in total. The Morgan fingerprint density at radius 3 is 2.61 bits per heavy atom. The molecule has 1 amide bonds. The summed E-state index contributed by atoms with van der Waals surface area (Å²) in [6.45, 7) is 3.38. The summed E-state index contributed by atoms with van der Waals surface area (Å²) in [5, 5.41) is 13.4. The van der Waals surface area contributed by atoms with Crippen LogP contribution in [0.2, 0.25) is 5.02 Å². The third-order valence-corrected chi connectivity index (χ3v) is 2.95. The van der Waals surface area contributed by atoms with E-state index in [0.717, 1.165) is 0 Å². The van der Waals surface area contributed by atoms with Crippen molar-refractivity contribution in [2.75, 3.05) is 5.32 Å². The molecule has 0 spiro atoms. The summed E-state index contributed by atoms with van der Waals surface area (Å²) in [5.41, 5.74) is 5.68. The van der Waals surface area contributed by atoms with Crippen molar-refractivity contribution in [2.45, 2.75) is 19.9 Å². The molecule has 0 heterocycles. The van der Waals surface area contributed by atoms with Gasteiger partial charge in [0.1, 0.15) is 0 Å². The fourth-order valence-corrected chi connectivity index (χ4v) is 1.37. The van der Waals surface area contributed by atoms with Crippen molar-refractivity contribution < 1.29 is 9.72 Å². The number of carbonyl (C=O) groups excluding carboxylic acids is 1. The minimum atomic E-state index is -0.555. The van der Waals surface area contributed by atoms with Crippen LogP contribution in [0.4, 0.5) is 11.4 Å². The highest BCUT2D eigenvalue weighted by molar-refractivity contribution is 6.33. The van der Waals surface area contributed by atoms with E-state index in [1.807, 2.05) is 0 Å². The van der Waals surface area contributed by atoms with Gasteiger partial charge in [0.25, 0.3) is 5.69 Å². The molecule has 0 aliphatic rings. The topological polar surface area (TPSA) is 98.3 Å². The van der Waals surface area contributed by atoms with Crippen molar-refractivity contribution in [2.24, 2.45) is 11.7 Å². The Balaban J connectivity index is 2.93. The van der Waals surface area contributed by atoms with E-state index in [2.05, 4.69) is 5.32 Å². The Morgan fingerprint density at radius 2 is 2.11 bits per heavy atom. The number of halogens is 1. The average molecular weight is 272 g/mol. The number of hydrogen-bond acceptors (Lipinski definition) is 4. The largest absolute Gasteiger partial charge is 0.327 e. The van der Waals surface area contributed by atoms with Gasteiger partial charge in [-0.1, -0.05) is 18.5 Å². The van der Waals surface area contributed by atoms with Gasteiger partial charge >= 0.3 is 0 Å².